The Labute approximate surface area is 238 Å². The van der Waals surface area contributed by atoms with E-state index < -0.39 is 0 Å². The van der Waals surface area contributed by atoms with Gasteiger partial charge in [-0.15, -0.1) is 11.3 Å². The van der Waals surface area contributed by atoms with Gasteiger partial charge in [-0.2, -0.15) is 0 Å². The summed E-state index contributed by atoms with van der Waals surface area (Å²) in [5.74, 6) is 0.547. The van der Waals surface area contributed by atoms with Crippen LogP contribution in [0.2, 0.25) is 0 Å². The standard InChI is InChI=1S/C30H32FN5OS2/c1-35(2)14-7-12-27(38)36-15-13-24-26(17-36)39-30-28(24)29(32-20-33-30)34-25(22-9-4-3-5-10-22)19-37-18-21-8-6-11-23(31)16-21/h3-12,16,20,25H,13-15,17-19H2,1-2H3,(H,32,33,34)/t25-/m1/s1. The van der Waals surface area contributed by atoms with E-state index in [2.05, 4.69) is 43.3 Å². The zero-order chi connectivity index (χ0) is 27.2. The quantitative estimate of drug-likeness (QED) is 0.188. The summed E-state index contributed by atoms with van der Waals surface area (Å²) in [7, 11) is 4.09. The molecule has 0 amide bonds. The van der Waals surface area contributed by atoms with Gasteiger partial charge in [-0.1, -0.05) is 60.8 Å². The van der Waals surface area contributed by atoms with Crippen LogP contribution in [0.4, 0.5) is 10.2 Å². The van der Waals surface area contributed by atoms with E-state index in [9.17, 15) is 4.39 Å². The van der Waals surface area contributed by atoms with Gasteiger partial charge in [0, 0.05) is 18.0 Å². The summed E-state index contributed by atoms with van der Waals surface area (Å²) in [6.07, 6.45) is 6.64. The molecule has 4 aromatic rings. The van der Waals surface area contributed by atoms with Crippen molar-refractivity contribution in [1.82, 2.24) is 19.8 Å². The molecule has 0 spiro atoms. The number of halogens is 1. The van der Waals surface area contributed by atoms with Crippen molar-refractivity contribution < 1.29 is 9.13 Å². The minimum Gasteiger partial charge on any atom is -0.374 e. The fraction of sp³-hybridized carbons (Fsp3) is 0.300. The van der Waals surface area contributed by atoms with E-state index in [0.29, 0.717) is 13.2 Å². The normalized spacial score (nSPS) is 14.2. The number of fused-ring (bicyclic) bond motifs is 3. The molecule has 6 nitrogen and oxygen atoms in total. The van der Waals surface area contributed by atoms with E-state index in [4.69, 9.17) is 17.0 Å². The first-order valence-electron chi connectivity index (χ1n) is 13.0. The summed E-state index contributed by atoms with van der Waals surface area (Å²) in [4.78, 5) is 16.8. The first kappa shape index (κ1) is 27.3. The number of thiophene rings is 1. The molecule has 1 aliphatic heterocycles. The molecule has 1 atom stereocenters. The number of thiocarbonyl (C=S) groups is 1. The Morgan fingerprint density at radius 1 is 1.21 bits per heavy atom. The third kappa shape index (κ3) is 6.86. The monoisotopic (exact) mass is 561 g/mol. The van der Waals surface area contributed by atoms with E-state index in [0.717, 1.165) is 58.2 Å². The number of benzene rings is 2. The first-order valence-corrected chi connectivity index (χ1v) is 14.2. The molecule has 39 heavy (non-hydrogen) atoms. The molecular weight excluding hydrogens is 529 g/mol. The highest BCUT2D eigenvalue weighted by molar-refractivity contribution is 7.80. The summed E-state index contributed by atoms with van der Waals surface area (Å²) in [5, 5.41) is 4.73. The van der Waals surface area contributed by atoms with Crippen molar-refractivity contribution in [2.45, 2.75) is 25.6 Å². The van der Waals surface area contributed by atoms with Crippen LogP contribution in [-0.4, -0.2) is 58.5 Å². The number of nitrogens with one attached hydrogen (secondary N) is 1. The van der Waals surface area contributed by atoms with E-state index >= 15 is 0 Å². The fourth-order valence-electron chi connectivity index (χ4n) is 4.69. The Morgan fingerprint density at radius 3 is 2.85 bits per heavy atom. The van der Waals surface area contributed by atoms with Crippen molar-refractivity contribution in [1.29, 1.82) is 0 Å². The lowest BCUT2D eigenvalue weighted by atomic mass is 10.0. The molecule has 0 fully saturated rings. The molecule has 0 bridgehead atoms. The molecule has 0 unspecified atom stereocenters. The zero-order valence-corrected chi connectivity index (χ0v) is 23.8. The number of ether oxygens (including phenoxy) is 1. The minimum absolute atomic E-state index is 0.136. The maximum absolute atomic E-state index is 13.6. The molecule has 2 aromatic heterocycles. The molecule has 0 saturated heterocycles. The van der Waals surface area contributed by atoms with Crippen molar-refractivity contribution in [2.24, 2.45) is 0 Å². The number of hydrogen-bond acceptors (Lipinski definition) is 7. The molecule has 3 heterocycles. The molecule has 0 radical (unpaired) electrons. The summed E-state index contributed by atoms with van der Waals surface area (Å²) in [5.41, 5.74) is 3.19. The van der Waals surface area contributed by atoms with Gasteiger partial charge >= 0.3 is 0 Å². The minimum atomic E-state index is -0.261. The van der Waals surface area contributed by atoms with Gasteiger partial charge in [0.1, 0.15) is 27.8 Å². The number of hydrogen-bond donors (Lipinski definition) is 1. The van der Waals surface area contributed by atoms with Gasteiger partial charge in [-0.25, -0.2) is 14.4 Å². The first-order chi connectivity index (χ1) is 19.0. The molecular formula is C30H32FN5OS2. The topological polar surface area (TPSA) is 53.5 Å². The molecule has 202 valence electrons. The number of anilines is 1. The molecule has 1 N–H and O–H groups in total. The molecule has 5 rings (SSSR count). The van der Waals surface area contributed by atoms with Gasteiger partial charge in [0.2, 0.25) is 0 Å². The Balaban J connectivity index is 1.35. The lowest BCUT2D eigenvalue weighted by Crippen LogP contribution is -2.33. The van der Waals surface area contributed by atoms with Gasteiger partial charge in [-0.3, -0.25) is 0 Å². The second-order valence-corrected chi connectivity index (χ2v) is 11.3. The summed E-state index contributed by atoms with van der Waals surface area (Å²) < 4.78 is 19.7. The lowest BCUT2D eigenvalue weighted by molar-refractivity contribution is 0.112. The van der Waals surface area contributed by atoms with Crippen LogP contribution in [0, 0.1) is 5.82 Å². The van der Waals surface area contributed by atoms with Crippen LogP contribution in [0.15, 0.2) is 73.1 Å². The van der Waals surface area contributed by atoms with Crippen LogP contribution in [0.3, 0.4) is 0 Å². The molecule has 0 saturated carbocycles. The lowest BCUT2D eigenvalue weighted by Gasteiger charge is -2.28. The summed E-state index contributed by atoms with van der Waals surface area (Å²) >= 11 is 7.42. The summed E-state index contributed by atoms with van der Waals surface area (Å²) in [6, 6.07) is 16.6. The van der Waals surface area contributed by atoms with E-state index in [1.807, 2.05) is 44.4 Å². The Bertz CT molecular complexity index is 1460. The number of likely N-dealkylation sites (N-methyl/N-ethyl adjacent to an activating group) is 1. The highest BCUT2D eigenvalue weighted by atomic mass is 32.1. The maximum atomic E-state index is 13.6. The molecule has 0 aliphatic carbocycles. The predicted octanol–water partition coefficient (Wildman–Crippen LogP) is 6.00. The van der Waals surface area contributed by atoms with Crippen molar-refractivity contribution in [3.63, 3.8) is 0 Å². The van der Waals surface area contributed by atoms with E-state index in [-0.39, 0.29) is 11.9 Å². The van der Waals surface area contributed by atoms with Crippen LogP contribution in [0.5, 0.6) is 0 Å². The van der Waals surface area contributed by atoms with Crippen LogP contribution < -0.4 is 5.32 Å². The molecule has 2 aromatic carbocycles. The average Bonchev–Trinajstić information content (AvgIpc) is 3.31. The third-order valence-electron chi connectivity index (χ3n) is 6.63. The van der Waals surface area contributed by atoms with Gasteiger partial charge < -0.3 is 19.9 Å². The molecule has 1 aliphatic rings. The van der Waals surface area contributed by atoms with Crippen molar-refractivity contribution in [3.05, 3.63) is 100 Å². The third-order valence-corrected chi connectivity index (χ3v) is 8.15. The Kier molecular flexibility index (Phi) is 8.93. The Hall–Kier alpha value is -3.24. The van der Waals surface area contributed by atoms with Gasteiger partial charge in [0.05, 0.1) is 31.2 Å². The van der Waals surface area contributed by atoms with Crippen molar-refractivity contribution in [2.75, 3.05) is 39.1 Å². The van der Waals surface area contributed by atoms with Crippen LogP contribution in [0.1, 0.15) is 27.6 Å². The number of aromatic nitrogens is 2. The number of rotatable bonds is 10. The van der Waals surface area contributed by atoms with Crippen LogP contribution in [0.25, 0.3) is 10.2 Å². The van der Waals surface area contributed by atoms with Crippen LogP contribution in [-0.2, 0) is 24.3 Å². The molecule has 9 heteroatoms. The maximum Gasteiger partial charge on any atom is 0.139 e. The second-order valence-electron chi connectivity index (χ2n) is 9.83. The van der Waals surface area contributed by atoms with Gasteiger partial charge in [-0.05, 0) is 55.4 Å². The van der Waals surface area contributed by atoms with E-state index in [1.165, 1.54) is 22.6 Å². The SMILES string of the molecule is CN(C)CC=CC(=S)N1CCc2c(sc3ncnc(N[C@H](COCc4cccc(F)c4)c4ccccc4)c23)C1. The average molecular weight is 562 g/mol. The summed E-state index contributed by atoms with van der Waals surface area (Å²) in [6.45, 7) is 3.23. The van der Waals surface area contributed by atoms with Gasteiger partial charge in [0.15, 0.2) is 0 Å². The van der Waals surface area contributed by atoms with Gasteiger partial charge in [0.25, 0.3) is 0 Å². The highest BCUT2D eigenvalue weighted by Crippen LogP contribution is 2.38. The predicted molar refractivity (Wildman–Crippen MR) is 161 cm³/mol. The number of nitrogens with zero attached hydrogens (tertiary/aromatic N) is 4. The highest BCUT2D eigenvalue weighted by Gasteiger charge is 2.25. The smallest absolute Gasteiger partial charge is 0.139 e. The van der Waals surface area contributed by atoms with Crippen molar-refractivity contribution >= 4 is 44.6 Å². The van der Waals surface area contributed by atoms with E-state index in [1.54, 1.807) is 23.7 Å². The zero-order valence-electron chi connectivity index (χ0n) is 22.1. The Morgan fingerprint density at radius 2 is 2.05 bits per heavy atom. The second kappa shape index (κ2) is 12.7. The van der Waals surface area contributed by atoms with Crippen molar-refractivity contribution in [3.8, 4) is 0 Å². The largest absolute Gasteiger partial charge is 0.374 e. The fourth-order valence-corrected chi connectivity index (χ4v) is 6.14. The van der Waals surface area contributed by atoms with Crippen LogP contribution >= 0.6 is 23.6 Å².